The van der Waals surface area contributed by atoms with Gasteiger partial charge in [-0.3, -0.25) is 0 Å². The molecular weight excluding hydrogens is 306 g/mol. The second-order valence-electron chi connectivity index (χ2n) is 6.54. The molecule has 0 saturated carbocycles. The lowest BCUT2D eigenvalue weighted by molar-refractivity contribution is -0.0333. The van der Waals surface area contributed by atoms with Crippen LogP contribution in [0.25, 0.3) is 0 Å². The Morgan fingerprint density at radius 2 is 2.33 bits per heavy atom. The Morgan fingerprint density at radius 1 is 1.54 bits per heavy atom. The first-order chi connectivity index (χ1) is 11.4. The smallest absolute Gasteiger partial charge is 0.321 e. The molecule has 6 heteroatoms. The Bertz CT molecular complexity index is 576. The van der Waals surface area contributed by atoms with Gasteiger partial charge in [0.15, 0.2) is 0 Å². The number of amides is 2. The number of ether oxygens (including phenoxy) is 1. The molecule has 0 aromatic heterocycles. The maximum Gasteiger partial charge on any atom is 0.321 e. The van der Waals surface area contributed by atoms with Crippen molar-refractivity contribution in [3.63, 3.8) is 0 Å². The molecule has 1 aliphatic rings. The number of aliphatic hydroxyl groups is 1. The number of carbonyl (C=O) groups is 1. The quantitative estimate of drug-likeness (QED) is 0.783. The van der Waals surface area contributed by atoms with Crippen LogP contribution in [0.15, 0.2) is 36.9 Å². The Morgan fingerprint density at radius 3 is 3.04 bits per heavy atom. The van der Waals surface area contributed by atoms with E-state index in [1.165, 1.54) is 0 Å². The molecule has 6 nitrogen and oxygen atoms in total. The van der Waals surface area contributed by atoms with E-state index in [0.717, 1.165) is 6.42 Å². The third-order valence-corrected chi connectivity index (χ3v) is 3.91. The molecule has 0 unspecified atom stereocenters. The summed E-state index contributed by atoms with van der Waals surface area (Å²) in [6, 6.07) is 7.04. The predicted octanol–water partition coefficient (Wildman–Crippen LogP) is 2.17. The van der Waals surface area contributed by atoms with Gasteiger partial charge in [0.2, 0.25) is 0 Å². The van der Waals surface area contributed by atoms with E-state index < -0.39 is 5.60 Å². The lowest BCUT2D eigenvalue weighted by atomic mass is 9.92. The van der Waals surface area contributed by atoms with E-state index in [2.05, 4.69) is 11.9 Å². The number of anilines is 1. The van der Waals surface area contributed by atoms with Gasteiger partial charge in [0.1, 0.15) is 12.4 Å². The summed E-state index contributed by atoms with van der Waals surface area (Å²) in [6.07, 6.45) is 3.17. The molecule has 132 valence electrons. The van der Waals surface area contributed by atoms with Gasteiger partial charge in [-0.15, -0.1) is 0 Å². The molecule has 0 spiro atoms. The fourth-order valence-corrected chi connectivity index (χ4v) is 3.02. The van der Waals surface area contributed by atoms with Crippen LogP contribution < -0.4 is 10.1 Å². The zero-order chi connectivity index (χ0) is 17.6. The maximum atomic E-state index is 12.5. The lowest BCUT2D eigenvalue weighted by Gasteiger charge is -2.40. The van der Waals surface area contributed by atoms with Crippen molar-refractivity contribution in [1.29, 1.82) is 0 Å². The molecule has 0 aliphatic carbocycles. The van der Waals surface area contributed by atoms with Crippen LogP contribution in [0.5, 0.6) is 5.75 Å². The average Bonchev–Trinajstić information content (AvgIpc) is 2.52. The number of likely N-dealkylation sites (tertiary alicyclic amines) is 1. The molecule has 1 aromatic carbocycles. The first kappa shape index (κ1) is 18.3. The van der Waals surface area contributed by atoms with Crippen molar-refractivity contribution < 1.29 is 14.6 Å². The molecule has 0 radical (unpaired) electrons. The van der Waals surface area contributed by atoms with E-state index in [4.69, 9.17) is 4.74 Å². The lowest BCUT2D eigenvalue weighted by Crippen LogP contribution is -2.55. The number of benzene rings is 1. The van der Waals surface area contributed by atoms with Crippen molar-refractivity contribution in [2.75, 3.05) is 45.7 Å². The number of nitrogens with one attached hydrogen (secondary N) is 1. The molecule has 1 heterocycles. The minimum Gasteiger partial charge on any atom is -0.489 e. The first-order valence-corrected chi connectivity index (χ1v) is 8.19. The molecule has 2 rings (SSSR count). The molecule has 1 aromatic rings. The van der Waals surface area contributed by atoms with E-state index in [1.54, 1.807) is 17.0 Å². The van der Waals surface area contributed by atoms with Crippen LogP contribution in [0.4, 0.5) is 10.5 Å². The van der Waals surface area contributed by atoms with Crippen molar-refractivity contribution in [3.05, 3.63) is 36.9 Å². The van der Waals surface area contributed by atoms with E-state index in [1.807, 2.05) is 37.2 Å². The summed E-state index contributed by atoms with van der Waals surface area (Å²) in [4.78, 5) is 16.1. The number of carbonyl (C=O) groups excluding carboxylic acids is 1. The Balaban J connectivity index is 1.97. The minimum absolute atomic E-state index is 0.201. The van der Waals surface area contributed by atoms with Crippen LogP contribution in [0.2, 0.25) is 0 Å². The molecule has 0 bridgehead atoms. The third-order valence-electron chi connectivity index (χ3n) is 3.91. The first-order valence-electron chi connectivity index (χ1n) is 8.19. The standard InChI is InChI=1S/C18H27N3O3/c1-4-11-24-16-8-5-7-15(12-16)19-17(22)21-10-6-9-18(23,14-21)13-20(2)3/h4-5,7-8,12,23H,1,6,9-11,13-14H2,2-3H3,(H,19,22)/t18-/m1/s1. The number of nitrogens with zero attached hydrogens (tertiary/aromatic N) is 2. The van der Waals surface area contributed by atoms with Gasteiger partial charge in [0.25, 0.3) is 0 Å². The zero-order valence-corrected chi connectivity index (χ0v) is 14.5. The molecular formula is C18H27N3O3. The van der Waals surface area contributed by atoms with Gasteiger partial charge in [-0.1, -0.05) is 18.7 Å². The molecule has 2 amide bonds. The fraction of sp³-hybridized carbons (Fsp3) is 0.500. The van der Waals surface area contributed by atoms with Gasteiger partial charge in [-0.25, -0.2) is 4.79 Å². The number of hydrogen-bond acceptors (Lipinski definition) is 4. The summed E-state index contributed by atoms with van der Waals surface area (Å²) >= 11 is 0. The molecule has 24 heavy (non-hydrogen) atoms. The average molecular weight is 333 g/mol. The van der Waals surface area contributed by atoms with Gasteiger partial charge in [-0.2, -0.15) is 0 Å². The Kier molecular flexibility index (Phi) is 6.23. The number of piperidine rings is 1. The number of β-amino-alcohol motifs (C(OH)–C–C–N with tert-alkyl or cyclic N) is 1. The minimum atomic E-state index is -0.853. The Labute approximate surface area is 143 Å². The summed E-state index contributed by atoms with van der Waals surface area (Å²) in [5.74, 6) is 0.676. The van der Waals surface area contributed by atoms with Crippen molar-refractivity contribution in [3.8, 4) is 5.75 Å². The van der Waals surface area contributed by atoms with E-state index in [-0.39, 0.29) is 6.03 Å². The second kappa shape index (κ2) is 8.17. The normalized spacial score (nSPS) is 20.8. The van der Waals surface area contributed by atoms with Crippen LogP contribution in [-0.4, -0.2) is 66.9 Å². The highest BCUT2D eigenvalue weighted by molar-refractivity contribution is 5.89. The maximum absolute atomic E-state index is 12.5. The van der Waals surface area contributed by atoms with E-state index >= 15 is 0 Å². The summed E-state index contributed by atoms with van der Waals surface area (Å²) in [6.45, 7) is 5.56. The van der Waals surface area contributed by atoms with Crippen LogP contribution in [0.1, 0.15) is 12.8 Å². The fourth-order valence-electron chi connectivity index (χ4n) is 3.02. The summed E-state index contributed by atoms with van der Waals surface area (Å²) in [5.41, 5.74) is -0.183. The molecule has 1 fully saturated rings. The predicted molar refractivity (Wildman–Crippen MR) is 95.5 cm³/mol. The topological polar surface area (TPSA) is 65.0 Å². The van der Waals surface area contributed by atoms with Gasteiger partial charge < -0.3 is 25.0 Å². The summed E-state index contributed by atoms with van der Waals surface area (Å²) in [5, 5.41) is 13.6. The highest BCUT2D eigenvalue weighted by Gasteiger charge is 2.35. The Hall–Kier alpha value is -2.05. The molecule has 1 saturated heterocycles. The number of hydrogen-bond donors (Lipinski definition) is 2. The van der Waals surface area contributed by atoms with Crippen LogP contribution in [0, 0.1) is 0 Å². The number of urea groups is 1. The van der Waals surface area contributed by atoms with Gasteiger partial charge in [-0.05, 0) is 39.1 Å². The van der Waals surface area contributed by atoms with Crippen LogP contribution in [0.3, 0.4) is 0 Å². The van der Waals surface area contributed by atoms with E-state index in [0.29, 0.717) is 44.1 Å². The van der Waals surface area contributed by atoms with Gasteiger partial charge in [0.05, 0.1) is 12.1 Å². The van der Waals surface area contributed by atoms with Crippen molar-refractivity contribution in [2.45, 2.75) is 18.4 Å². The number of likely N-dealkylation sites (N-methyl/N-ethyl adjacent to an activating group) is 1. The second-order valence-corrected chi connectivity index (χ2v) is 6.54. The van der Waals surface area contributed by atoms with Crippen molar-refractivity contribution >= 4 is 11.7 Å². The SMILES string of the molecule is C=CCOc1cccc(NC(=O)N2CCC[C@@](O)(CN(C)C)C2)c1. The largest absolute Gasteiger partial charge is 0.489 e. The highest BCUT2D eigenvalue weighted by atomic mass is 16.5. The van der Waals surface area contributed by atoms with Crippen LogP contribution >= 0.6 is 0 Å². The highest BCUT2D eigenvalue weighted by Crippen LogP contribution is 2.23. The van der Waals surface area contributed by atoms with Gasteiger partial charge >= 0.3 is 6.03 Å². The third kappa shape index (κ3) is 5.25. The molecule has 1 atom stereocenters. The molecule has 1 aliphatic heterocycles. The van der Waals surface area contributed by atoms with Crippen LogP contribution in [-0.2, 0) is 0 Å². The van der Waals surface area contributed by atoms with E-state index in [9.17, 15) is 9.90 Å². The number of rotatable bonds is 6. The molecule has 2 N–H and O–H groups in total. The summed E-state index contributed by atoms with van der Waals surface area (Å²) < 4.78 is 5.47. The zero-order valence-electron chi connectivity index (χ0n) is 14.5. The van der Waals surface area contributed by atoms with Crippen molar-refractivity contribution in [2.24, 2.45) is 0 Å². The van der Waals surface area contributed by atoms with Gasteiger partial charge in [0, 0.05) is 24.8 Å². The monoisotopic (exact) mass is 333 g/mol. The summed E-state index contributed by atoms with van der Waals surface area (Å²) in [7, 11) is 3.84. The van der Waals surface area contributed by atoms with Crippen molar-refractivity contribution in [1.82, 2.24) is 9.80 Å².